The molecule has 0 aliphatic heterocycles. The van der Waals surface area contributed by atoms with Crippen LogP contribution in [-0.4, -0.2) is 17.0 Å². The lowest BCUT2D eigenvalue weighted by molar-refractivity contribution is -0.118. The molecule has 1 N–H and O–H groups in total. The van der Waals surface area contributed by atoms with Gasteiger partial charge in [-0.15, -0.1) is 0 Å². The lowest BCUT2D eigenvalue weighted by Gasteiger charge is -2.57. The van der Waals surface area contributed by atoms with Gasteiger partial charge in [0.05, 0.1) is 6.10 Å². The van der Waals surface area contributed by atoms with Crippen LogP contribution < -0.4 is 0 Å². The average molecular weight is 288 g/mol. The zero-order valence-corrected chi connectivity index (χ0v) is 13.4. The molecule has 2 nitrogen and oxygen atoms in total. The summed E-state index contributed by atoms with van der Waals surface area (Å²) in [5.74, 6) is 2.57. The summed E-state index contributed by atoms with van der Waals surface area (Å²) in [5.41, 5.74) is 1.89. The Morgan fingerprint density at radius 3 is 2.67 bits per heavy atom. The normalized spacial score (nSPS) is 52.7. The highest BCUT2D eigenvalue weighted by molar-refractivity contribution is 5.91. The van der Waals surface area contributed by atoms with E-state index in [0.717, 1.165) is 37.5 Å². The highest BCUT2D eigenvalue weighted by atomic mass is 16.3. The third-order valence-corrected chi connectivity index (χ3v) is 7.91. The van der Waals surface area contributed by atoms with E-state index in [-0.39, 0.29) is 16.9 Å². The lowest BCUT2D eigenvalue weighted by atomic mass is 9.47. The van der Waals surface area contributed by atoms with Crippen LogP contribution in [0.5, 0.6) is 0 Å². The van der Waals surface area contributed by atoms with Crippen molar-refractivity contribution in [2.45, 2.75) is 71.3 Å². The Labute approximate surface area is 128 Å². The zero-order chi connectivity index (χ0) is 14.8. The van der Waals surface area contributed by atoms with Crippen LogP contribution in [-0.2, 0) is 4.79 Å². The molecular weight excluding hydrogens is 260 g/mol. The van der Waals surface area contributed by atoms with E-state index < -0.39 is 0 Å². The van der Waals surface area contributed by atoms with Gasteiger partial charge in [0.15, 0.2) is 5.78 Å². The number of carbonyl (C=O) groups is 1. The van der Waals surface area contributed by atoms with Crippen LogP contribution in [0.25, 0.3) is 0 Å². The number of hydrogen-bond donors (Lipinski definition) is 1. The van der Waals surface area contributed by atoms with Crippen LogP contribution in [0, 0.1) is 28.6 Å². The minimum Gasteiger partial charge on any atom is -0.393 e. The van der Waals surface area contributed by atoms with E-state index in [1.807, 2.05) is 6.08 Å². The fraction of sp³-hybridized carbons (Fsp3) is 0.842. The van der Waals surface area contributed by atoms with Crippen molar-refractivity contribution in [2.75, 3.05) is 0 Å². The molecule has 0 spiro atoms. The Bertz CT molecular complexity index is 508. The first-order valence-corrected chi connectivity index (χ1v) is 8.87. The molecule has 2 heteroatoms. The van der Waals surface area contributed by atoms with E-state index in [2.05, 4.69) is 13.8 Å². The van der Waals surface area contributed by atoms with Crippen molar-refractivity contribution in [1.82, 2.24) is 0 Å². The van der Waals surface area contributed by atoms with E-state index in [4.69, 9.17) is 0 Å². The summed E-state index contributed by atoms with van der Waals surface area (Å²) >= 11 is 0. The molecule has 0 unspecified atom stereocenters. The van der Waals surface area contributed by atoms with Crippen LogP contribution >= 0.6 is 0 Å². The van der Waals surface area contributed by atoms with E-state index in [1.165, 1.54) is 31.3 Å². The summed E-state index contributed by atoms with van der Waals surface area (Å²) in [6.07, 6.45) is 10.7. The van der Waals surface area contributed by atoms with Crippen molar-refractivity contribution in [1.29, 1.82) is 0 Å². The van der Waals surface area contributed by atoms with Gasteiger partial charge in [0.2, 0.25) is 0 Å². The lowest BCUT2D eigenvalue weighted by Crippen LogP contribution is -2.51. The van der Waals surface area contributed by atoms with Gasteiger partial charge in [-0.25, -0.2) is 0 Å². The Balaban J connectivity index is 1.69. The number of aliphatic hydroxyl groups excluding tert-OH is 1. The molecule has 6 atom stereocenters. The van der Waals surface area contributed by atoms with Crippen molar-refractivity contribution >= 4 is 5.78 Å². The zero-order valence-electron chi connectivity index (χ0n) is 13.4. The molecule has 0 saturated heterocycles. The van der Waals surface area contributed by atoms with Gasteiger partial charge in [-0.2, -0.15) is 0 Å². The molecule has 21 heavy (non-hydrogen) atoms. The molecule has 4 rings (SSSR count). The summed E-state index contributed by atoms with van der Waals surface area (Å²) in [7, 11) is 0. The second-order valence-electron chi connectivity index (χ2n) is 8.61. The number of ketones is 1. The molecule has 0 bridgehead atoms. The fourth-order valence-corrected chi connectivity index (χ4v) is 6.53. The van der Waals surface area contributed by atoms with E-state index >= 15 is 0 Å². The predicted octanol–water partition coefficient (Wildman–Crippen LogP) is 3.88. The molecule has 4 aliphatic carbocycles. The van der Waals surface area contributed by atoms with Crippen molar-refractivity contribution in [3.63, 3.8) is 0 Å². The van der Waals surface area contributed by atoms with Gasteiger partial charge in [-0.1, -0.05) is 19.4 Å². The number of aliphatic hydroxyl groups is 1. The van der Waals surface area contributed by atoms with E-state index in [9.17, 15) is 9.90 Å². The monoisotopic (exact) mass is 288 g/mol. The molecule has 0 radical (unpaired) electrons. The van der Waals surface area contributed by atoms with Crippen LogP contribution in [0.4, 0.5) is 0 Å². The van der Waals surface area contributed by atoms with E-state index in [0.29, 0.717) is 11.7 Å². The summed E-state index contributed by atoms with van der Waals surface area (Å²) in [4.78, 5) is 11.8. The van der Waals surface area contributed by atoms with E-state index in [1.54, 1.807) is 0 Å². The first kappa shape index (κ1) is 14.0. The second kappa shape index (κ2) is 4.44. The summed E-state index contributed by atoms with van der Waals surface area (Å²) in [6, 6.07) is 0. The SMILES string of the molecule is C[C@]12CC[C@@H]3[C@H](CCC4=CC(=O)CC[C@]43C)[C@H]1CC[C@@H]2O. The van der Waals surface area contributed by atoms with Gasteiger partial charge in [0.25, 0.3) is 0 Å². The van der Waals surface area contributed by atoms with Gasteiger partial charge in [0, 0.05) is 6.42 Å². The fourth-order valence-electron chi connectivity index (χ4n) is 6.53. The Morgan fingerprint density at radius 1 is 1.05 bits per heavy atom. The van der Waals surface area contributed by atoms with Crippen molar-refractivity contribution < 1.29 is 9.90 Å². The molecule has 0 aromatic rings. The molecule has 3 saturated carbocycles. The minimum absolute atomic E-state index is 0.0823. The van der Waals surface area contributed by atoms with Crippen LogP contribution in [0.1, 0.15) is 65.2 Å². The molecule has 0 heterocycles. The number of carbonyl (C=O) groups excluding carboxylic acids is 1. The highest BCUT2D eigenvalue weighted by Gasteiger charge is 2.58. The van der Waals surface area contributed by atoms with Gasteiger partial charge in [-0.05, 0) is 79.6 Å². The van der Waals surface area contributed by atoms with Crippen LogP contribution in [0.3, 0.4) is 0 Å². The van der Waals surface area contributed by atoms with Crippen molar-refractivity contribution in [2.24, 2.45) is 28.6 Å². The first-order chi connectivity index (χ1) is 9.95. The number of allylic oxidation sites excluding steroid dienone is 1. The number of hydrogen-bond acceptors (Lipinski definition) is 2. The minimum atomic E-state index is -0.0823. The largest absolute Gasteiger partial charge is 0.393 e. The molecule has 0 amide bonds. The number of rotatable bonds is 0. The first-order valence-electron chi connectivity index (χ1n) is 8.87. The maximum atomic E-state index is 11.8. The molecule has 0 aromatic heterocycles. The third-order valence-electron chi connectivity index (χ3n) is 7.91. The second-order valence-corrected chi connectivity index (χ2v) is 8.61. The Morgan fingerprint density at radius 2 is 1.86 bits per heavy atom. The quantitative estimate of drug-likeness (QED) is 0.734. The highest BCUT2D eigenvalue weighted by Crippen LogP contribution is 2.65. The third kappa shape index (κ3) is 1.78. The molecule has 4 aliphatic rings. The maximum Gasteiger partial charge on any atom is 0.155 e. The van der Waals surface area contributed by atoms with Gasteiger partial charge >= 0.3 is 0 Å². The number of fused-ring (bicyclic) bond motifs is 5. The smallest absolute Gasteiger partial charge is 0.155 e. The Hall–Kier alpha value is -0.630. The van der Waals surface area contributed by atoms with Crippen LogP contribution in [0.2, 0.25) is 0 Å². The maximum absolute atomic E-state index is 11.8. The summed E-state index contributed by atoms with van der Waals surface area (Å²) in [5, 5.41) is 10.4. The summed E-state index contributed by atoms with van der Waals surface area (Å²) < 4.78 is 0. The Kier molecular flexibility index (Phi) is 2.96. The topological polar surface area (TPSA) is 37.3 Å². The standard InChI is InChI=1S/C19H28O2/c1-18-9-7-13(20)11-12(18)3-4-14-15-5-6-17(21)19(15,2)10-8-16(14)18/h11,14-17,21H,3-10H2,1-2H3/t14-,15-,16-,17+,18-,19+/m1/s1. The molecule has 3 fully saturated rings. The van der Waals surface area contributed by atoms with Crippen molar-refractivity contribution in [3.05, 3.63) is 11.6 Å². The van der Waals surface area contributed by atoms with Gasteiger partial charge < -0.3 is 5.11 Å². The molecular formula is C19H28O2. The average Bonchev–Trinajstić information content (AvgIpc) is 2.76. The van der Waals surface area contributed by atoms with Gasteiger partial charge in [-0.3, -0.25) is 4.79 Å². The molecule has 0 aromatic carbocycles. The molecule has 116 valence electrons. The van der Waals surface area contributed by atoms with Gasteiger partial charge in [0.1, 0.15) is 0 Å². The van der Waals surface area contributed by atoms with Crippen LogP contribution in [0.15, 0.2) is 11.6 Å². The summed E-state index contributed by atoms with van der Waals surface area (Å²) in [6.45, 7) is 4.76. The predicted molar refractivity (Wildman–Crippen MR) is 82.7 cm³/mol. The van der Waals surface area contributed by atoms with Crippen molar-refractivity contribution in [3.8, 4) is 0 Å².